The summed E-state index contributed by atoms with van der Waals surface area (Å²) in [6.45, 7) is 4.85. The smallest absolute Gasteiger partial charge is 0.318 e. The summed E-state index contributed by atoms with van der Waals surface area (Å²) < 4.78 is 41.3. The lowest BCUT2D eigenvalue weighted by Crippen LogP contribution is -2.41. The minimum Gasteiger partial charge on any atom is -0.318 e. The second-order valence-electron chi connectivity index (χ2n) is 11.1. The first-order chi connectivity index (χ1) is 19.9. The third-order valence-corrected chi connectivity index (χ3v) is 6.95. The molecule has 0 radical (unpaired) electrons. The van der Waals surface area contributed by atoms with Crippen LogP contribution in [0.2, 0.25) is 0 Å². The molecule has 2 heterocycles. The molecule has 1 fully saturated rings. The van der Waals surface area contributed by atoms with E-state index in [1.807, 2.05) is 26.0 Å². The highest BCUT2D eigenvalue weighted by molar-refractivity contribution is 6.03. The van der Waals surface area contributed by atoms with Gasteiger partial charge < -0.3 is 20.5 Å². The van der Waals surface area contributed by atoms with Crippen LogP contribution in [0.15, 0.2) is 48.3 Å². The van der Waals surface area contributed by atoms with E-state index >= 15 is 0 Å². The summed E-state index contributed by atoms with van der Waals surface area (Å²) in [5.74, 6) is 0.393. The van der Waals surface area contributed by atoms with Gasteiger partial charge in [-0.05, 0) is 75.5 Å². The molecule has 1 amide bonds. The van der Waals surface area contributed by atoms with Gasteiger partial charge in [-0.1, -0.05) is 12.1 Å². The first-order valence-electron chi connectivity index (χ1n) is 13.8. The molecule has 0 unspecified atom stereocenters. The standard InChI is InChI=1S/C30H35F3N8O/c1-29(2,36-12-11-35-3)16-21(9-10-30(31,32)33)28(42)39-26-15-22(14-25(38-26)20-6-7-20)23-8-5-19(17-34)13-24(23)27-40-37-18-41(27)4/h5,8,13-16,18,20,35-36H,6-7,9-12H2,1-4H3,(H,38,39,42)/b21-16+. The van der Waals surface area contributed by atoms with Gasteiger partial charge in [-0.2, -0.15) is 18.4 Å². The Balaban J connectivity index is 1.71. The Morgan fingerprint density at radius 3 is 2.55 bits per heavy atom. The zero-order valence-electron chi connectivity index (χ0n) is 24.1. The van der Waals surface area contributed by atoms with Gasteiger partial charge in [0.05, 0.1) is 11.6 Å². The highest BCUT2D eigenvalue weighted by Crippen LogP contribution is 2.42. The number of hydrogen-bond acceptors (Lipinski definition) is 7. The number of aryl methyl sites for hydroxylation is 1. The van der Waals surface area contributed by atoms with Crippen molar-refractivity contribution < 1.29 is 18.0 Å². The van der Waals surface area contributed by atoms with Crippen LogP contribution in [-0.4, -0.2) is 57.5 Å². The van der Waals surface area contributed by atoms with E-state index in [4.69, 9.17) is 0 Å². The normalized spacial score (nSPS) is 14.1. The van der Waals surface area contributed by atoms with E-state index in [0.717, 1.165) is 29.7 Å². The summed E-state index contributed by atoms with van der Waals surface area (Å²) in [5, 5.41) is 26.7. The number of benzene rings is 1. The number of nitriles is 1. The topological polar surface area (TPSA) is 121 Å². The Morgan fingerprint density at radius 1 is 1.17 bits per heavy atom. The van der Waals surface area contributed by atoms with E-state index in [0.29, 0.717) is 30.0 Å². The number of nitrogens with one attached hydrogen (secondary N) is 3. The van der Waals surface area contributed by atoms with Crippen molar-refractivity contribution in [1.29, 1.82) is 5.26 Å². The third kappa shape index (κ3) is 8.24. The summed E-state index contributed by atoms with van der Waals surface area (Å²) in [6.07, 6.45) is -0.961. The van der Waals surface area contributed by atoms with Crippen LogP contribution in [0.4, 0.5) is 19.0 Å². The number of carbonyl (C=O) groups excluding carboxylic acids is 1. The van der Waals surface area contributed by atoms with Gasteiger partial charge in [0.1, 0.15) is 12.1 Å². The first-order valence-corrected chi connectivity index (χ1v) is 13.8. The number of halogens is 3. The molecule has 0 aliphatic heterocycles. The Labute approximate surface area is 243 Å². The molecule has 12 heteroatoms. The molecule has 9 nitrogen and oxygen atoms in total. The van der Waals surface area contributed by atoms with Crippen LogP contribution in [0.1, 0.15) is 56.7 Å². The molecule has 2 aromatic heterocycles. The van der Waals surface area contributed by atoms with Crippen molar-refractivity contribution in [3.8, 4) is 28.6 Å². The van der Waals surface area contributed by atoms with E-state index < -0.39 is 30.5 Å². The fraction of sp³-hybridized carbons (Fsp3) is 0.433. The summed E-state index contributed by atoms with van der Waals surface area (Å²) in [5.41, 5.74) is 2.70. The predicted octanol–water partition coefficient (Wildman–Crippen LogP) is 5.09. The van der Waals surface area contributed by atoms with Crippen LogP contribution in [0.3, 0.4) is 0 Å². The number of pyridine rings is 1. The molecule has 1 aromatic carbocycles. The molecule has 3 N–H and O–H groups in total. The zero-order valence-corrected chi connectivity index (χ0v) is 24.1. The zero-order chi connectivity index (χ0) is 30.5. The van der Waals surface area contributed by atoms with Crippen molar-refractivity contribution in [2.75, 3.05) is 25.5 Å². The van der Waals surface area contributed by atoms with Gasteiger partial charge in [-0.15, -0.1) is 10.2 Å². The maximum atomic E-state index is 13.5. The average Bonchev–Trinajstić information content (AvgIpc) is 3.70. The number of rotatable bonds is 12. The summed E-state index contributed by atoms with van der Waals surface area (Å²) in [7, 11) is 3.60. The monoisotopic (exact) mass is 580 g/mol. The van der Waals surface area contributed by atoms with Gasteiger partial charge in [-0.25, -0.2) is 4.98 Å². The van der Waals surface area contributed by atoms with Crippen molar-refractivity contribution in [2.45, 2.75) is 57.2 Å². The van der Waals surface area contributed by atoms with Crippen LogP contribution < -0.4 is 16.0 Å². The Hall–Kier alpha value is -4.08. The molecule has 4 rings (SSSR count). The summed E-state index contributed by atoms with van der Waals surface area (Å²) in [6, 6.07) is 11.0. The lowest BCUT2D eigenvalue weighted by molar-refractivity contribution is -0.134. The predicted molar refractivity (Wildman–Crippen MR) is 154 cm³/mol. The minimum absolute atomic E-state index is 0.0209. The number of nitrogens with zero attached hydrogens (tertiary/aromatic N) is 5. The molecule has 0 bridgehead atoms. The van der Waals surface area contributed by atoms with E-state index in [9.17, 15) is 23.2 Å². The molecule has 1 saturated carbocycles. The van der Waals surface area contributed by atoms with Gasteiger partial charge in [0.2, 0.25) is 0 Å². The maximum absolute atomic E-state index is 13.5. The van der Waals surface area contributed by atoms with Crippen LogP contribution in [0.25, 0.3) is 22.5 Å². The quantitative estimate of drug-likeness (QED) is 0.202. The average molecular weight is 581 g/mol. The fourth-order valence-corrected chi connectivity index (χ4v) is 4.66. The van der Waals surface area contributed by atoms with Crippen LogP contribution in [0, 0.1) is 11.3 Å². The highest BCUT2D eigenvalue weighted by atomic mass is 19.4. The van der Waals surface area contributed by atoms with Gasteiger partial charge >= 0.3 is 6.18 Å². The van der Waals surface area contributed by atoms with Gasteiger partial charge in [0.25, 0.3) is 5.91 Å². The number of amides is 1. The van der Waals surface area contributed by atoms with Crippen molar-refractivity contribution >= 4 is 11.7 Å². The molecule has 1 aliphatic rings. The molecule has 0 spiro atoms. The minimum atomic E-state index is -4.41. The first kappa shape index (κ1) is 30.9. The molecule has 0 saturated heterocycles. The van der Waals surface area contributed by atoms with Crippen molar-refractivity contribution in [1.82, 2.24) is 30.4 Å². The maximum Gasteiger partial charge on any atom is 0.389 e. The van der Waals surface area contributed by atoms with Crippen LogP contribution >= 0.6 is 0 Å². The molecular weight excluding hydrogens is 545 g/mol. The summed E-state index contributed by atoms with van der Waals surface area (Å²) >= 11 is 0. The largest absolute Gasteiger partial charge is 0.389 e. The van der Waals surface area contributed by atoms with E-state index in [1.54, 1.807) is 49.3 Å². The lowest BCUT2D eigenvalue weighted by atomic mass is 9.96. The van der Waals surface area contributed by atoms with Crippen molar-refractivity contribution in [3.63, 3.8) is 0 Å². The molecular formula is C30H35F3N8O. The number of hydrogen-bond donors (Lipinski definition) is 3. The Bertz CT molecular complexity index is 1500. The Morgan fingerprint density at radius 2 is 1.93 bits per heavy atom. The van der Waals surface area contributed by atoms with E-state index in [1.165, 1.54) is 0 Å². The molecule has 1 aliphatic carbocycles. The number of aromatic nitrogens is 4. The molecule has 0 atom stereocenters. The number of likely N-dealkylation sites (N-methyl/N-ethyl adjacent to an activating group) is 1. The highest BCUT2D eigenvalue weighted by Gasteiger charge is 2.30. The fourth-order valence-electron chi connectivity index (χ4n) is 4.66. The Kier molecular flexibility index (Phi) is 9.43. The van der Waals surface area contributed by atoms with E-state index in [2.05, 4.69) is 37.2 Å². The molecule has 3 aromatic rings. The van der Waals surface area contributed by atoms with Gasteiger partial charge in [0.15, 0.2) is 5.82 Å². The second-order valence-corrected chi connectivity index (χ2v) is 11.1. The van der Waals surface area contributed by atoms with Gasteiger partial charge in [0, 0.05) is 54.8 Å². The van der Waals surface area contributed by atoms with Crippen LogP contribution in [0.5, 0.6) is 0 Å². The lowest BCUT2D eigenvalue weighted by Gasteiger charge is -2.24. The molecule has 42 heavy (non-hydrogen) atoms. The van der Waals surface area contributed by atoms with Crippen molar-refractivity contribution in [3.05, 3.63) is 59.6 Å². The van der Waals surface area contributed by atoms with Gasteiger partial charge in [-0.3, -0.25) is 4.79 Å². The van der Waals surface area contributed by atoms with E-state index in [-0.39, 0.29) is 17.3 Å². The SMILES string of the molecule is CNCCNC(C)(C)/C=C(\CCC(F)(F)F)C(=O)Nc1cc(-c2ccc(C#N)cc2-c2nncn2C)cc(C2CC2)n1. The van der Waals surface area contributed by atoms with Crippen molar-refractivity contribution in [2.24, 2.45) is 7.05 Å². The second kappa shape index (κ2) is 12.8. The van der Waals surface area contributed by atoms with Crippen LogP contribution in [-0.2, 0) is 11.8 Å². The third-order valence-electron chi connectivity index (χ3n) is 6.95. The summed E-state index contributed by atoms with van der Waals surface area (Å²) in [4.78, 5) is 18.1. The molecule has 222 valence electrons. The number of anilines is 1. The number of carbonyl (C=O) groups is 1. The number of alkyl halides is 3.